The van der Waals surface area contributed by atoms with Crippen LogP contribution in [0.4, 0.5) is 5.82 Å². The average Bonchev–Trinajstić information content (AvgIpc) is 2.55. The van der Waals surface area contributed by atoms with E-state index in [1.54, 1.807) is 24.4 Å². The number of pyridine rings is 2. The Hall–Kier alpha value is -2.92. The van der Waals surface area contributed by atoms with Gasteiger partial charge in [0.1, 0.15) is 5.82 Å². The summed E-state index contributed by atoms with van der Waals surface area (Å²) in [7, 11) is 0. The van der Waals surface area contributed by atoms with Crippen molar-refractivity contribution in [2.75, 3.05) is 5.32 Å². The van der Waals surface area contributed by atoms with E-state index in [0.717, 1.165) is 11.1 Å². The fourth-order valence-electron chi connectivity index (χ4n) is 2.28. The summed E-state index contributed by atoms with van der Waals surface area (Å²) in [5, 5.41) is 3.04. The Morgan fingerprint density at radius 3 is 2.70 bits per heavy atom. The normalized spacial score (nSPS) is 10.3. The number of aromatic nitrogens is 2. The number of hydrogen-bond acceptors (Lipinski definition) is 3. The number of amides is 1. The first-order valence-corrected chi connectivity index (χ1v) is 7.21. The molecule has 2 heterocycles. The second-order valence-corrected chi connectivity index (χ2v) is 5.23. The SMILES string of the molecule is O=CNc1cc(-c2cc(-c3ccccc3Cl)[nH]c(=O)c2)ccn1. The highest BCUT2D eigenvalue weighted by Gasteiger charge is 2.08. The average molecular weight is 326 g/mol. The molecule has 114 valence electrons. The minimum Gasteiger partial charge on any atom is -0.322 e. The molecule has 5 nitrogen and oxygen atoms in total. The molecule has 0 aliphatic carbocycles. The number of carbonyl (C=O) groups is 1. The maximum atomic E-state index is 12.0. The van der Waals surface area contributed by atoms with Gasteiger partial charge in [-0.2, -0.15) is 0 Å². The van der Waals surface area contributed by atoms with E-state index in [9.17, 15) is 9.59 Å². The zero-order chi connectivity index (χ0) is 16.2. The first kappa shape index (κ1) is 15.0. The number of halogens is 1. The first-order chi connectivity index (χ1) is 11.2. The van der Waals surface area contributed by atoms with Crippen LogP contribution in [0.2, 0.25) is 5.02 Å². The summed E-state index contributed by atoms with van der Waals surface area (Å²) >= 11 is 6.20. The van der Waals surface area contributed by atoms with E-state index in [2.05, 4.69) is 15.3 Å². The van der Waals surface area contributed by atoms with Crippen molar-refractivity contribution < 1.29 is 4.79 Å². The Morgan fingerprint density at radius 2 is 1.91 bits per heavy atom. The van der Waals surface area contributed by atoms with E-state index in [4.69, 9.17) is 11.6 Å². The Labute approximate surface area is 137 Å². The molecule has 0 radical (unpaired) electrons. The fourth-order valence-corrected chi connectivity index (χ4v) is 2.52. The molecule has 0 saturated heterocycles. The first-order valence-electron chi connectivity index (χ1n) is 6.83. The van der Waals surface area contributed by atoms with Crippen molar-refractivity contribution in [3.63, 3.8) is 0 Å². The van der Waals surface area contributed by atoms with Gasteiger partial charge in [-0.1, -0.05) is 29.8 Å². The van der Waals surface area contributed by atoms with E-state index < -0.39 is 0 Å². The zero-order valence-electron chi connectivity index (χ0n) is 11.9. The van der Waals surface area contributed by atoms with Crippen LogP contribution in [0.5, 0.6) is 0 Å². The van der Waals surface area contributed by atoms with E-state index >= 15 is 0 Å². The van der Waals surface area contributed by atoms with Gasteiger partial charge in [0.2, 0.25) is 12.0 Å². The smallest absolute Gasteiger partial charge is 0.249 e. The maximum Gasteiger partial charge on any atom is 0.249 e. The molecule has 0 aliphatic rings. The van der Waals surface area contributed by atoms with E-state index in [1.807, 2.05) is 24.3 Å². The fraction of sp³-hybridized carbons (Fsp3) is 0. The van der Waals surface area contributed by atoms with Crippen molar-refractivity contribution >= 4 is 23.8 Å². The zero-order valence-corrected chi connectivity index (χ0v) is 12.7. The van der Waals surface area contributed by atoms with Gasteiger partial charge in [0.25, 0.3) is 0 Å². The molecular weight excluding hydrogens is 314 g/mol. The quantitative estimate of drug-likeness (QED) is 0.722. The Bertz CT molecular complexity index is 921. The highest BCUT2D eigenvalue weighted by molar-refractivity contribution is 6.33. The lowest BCUT2D eigenvalue weighted by atomic mass is 10.0. The van der Waals surface area contributed by atoms with Crippen LogP contribution < -0.4 is 10.9 Å². The van der Waals surface area contributed by atoms with Crippen molar-refractivity contribution in [2.24, 2.45) is 0 Å². The maximum absolute atomic E-state index is 12.0. The van der Waals surface area contributed by atoms with Crippen molar-refractivity contribution in [1.82, 2.24) is 9.97 Å². The molecular formula is C17H12ClN3O2. The number of hydrogen-bond donors (Lipinski definition) is 2. The minimum atomic E-state index is -0.237. The second kappa shape index (κ2) is 6.46. The van der Waals surface area contributed by atoms with E-state index in [-0.39, 0.29) is 5.56 Å². The molecule has 3 aromatic rings. The number of nitrogens with zero attached hydrogens (tertiary/aromatic N) is 1. The molecule has 6 heteroatoms. The van der Waals surface area contributed by atoms with Crippen molar-refractivity contribution in [1.29, 1.82) is 0 Å². The van der Waals surface area contributed by atoms with Crippen LogP contribution in [0.3, 0.4) is 0 Å². The van der Waals surface area contributed by atoms with Crippen molar-refractivity contribution in [3.8, 4) is 22.4 Å². The molecule has 2 N–H and O–H groups in total. The van der Waals surface area contributed by atoms with Crippen LogP contribution in [0.25, 0.3) is 22.4 Å². The Balaban J connectivity index is 2.11. The van der Waals surface area contributed by atoms with Gasteiger partial charge in [0.05, 0.1) is 5.69 Å². The second-order valence-electron chi connectivity index (χ2n) is 4.82. The molecule has 2 aromatic heterocycles. The van der Waals surface area contributed by atoms with E-state index in [0.29, 0.717) is 28.5 Å². The van der Waals surface area contributed by atoms with E-state index in [1.165, 1.54) is 6.07 Å². The summed E-state index contributed by atoms with van der Waals surface area (Å²) in [4.78, 5) is 29.3. The number of nitrogens with one attached hydrogen (secondary N) is 2. The van der Waals surface area contributed by atoms with Gasteiger partial charge in [-0.3, -0.25) is 9.59 Å². The third-order valence-corrected chi connectivity index (χ3v) is 3.64. The predicted molar refractivity (Wildman–Crippen MR) is 90.4 cm³/mol. The van der Waals surface area contributed by atoms with Crippen LogP contribution >= 0.6 is 11.6 Å². The topological polar surface area (TPSA) is 74.8 Å². The summed E-state index contributed by atoms with van der Waals surface area (Å²) in [6, 6.07) is 14.1. The van der Waals surface area contributed by atoms with Crippen LogP contribution in [0, 0.1) is 0 Å². The van der Waals surface area contributed by atoms with Crippen molar-refractivity contribution in [2.45, 2.75) is 0 Å². The van der Waals surface area contributed by atoms with Crippen LogP contribution in [0.1, 0.15) is 0 Å². The predicted octanol–water partition coefficient (Wildman–Crippen LogP) is 3.33. The standard InChI is InChI=1S/C17H12ClN3O2/c18-14-4-2-1-3-13(14)15-7-12(9-17(23)21-15)11-5-6-19-16(8-11)20-10-22/h1-10H,(H,21,23)(H,19,20,22). The Kier molecular flexibility index (Phi) is 4.21. The summed E-state index contributed by atoms with van der Waals surface area (Å²) < 4.78 is 0. The molecule has 0 spiro atoms. The minimum absolute atomic E-state index is 0.237. The number of H-pyrrole nitrogens is 1. The Morgan fingerprint density at radius 1 is 1.09 bits per heavy atom. The van der Waals surface area contributed by atoms with Gasteiger partial charge in [-0.15, -0.1) is 0 Å². The molecule has 0 unspecified atom stereocenters. The van der Waals surface area contributed by atoms with Gasteiger partial charge in [-0.25, -0.2) is 4.98 Å². The molecule has 0 saturated carbocycles. The lowest BCUT2D eigenvalue weighted by Crippen LogP contribution is -2.06. The van der Waals surface area contributed by atoms with Gasteiger partial charge < -0.3 is 10.3 Å². The molecule has 3 rings (SSSR count). The monoisotopic (exact) mass is 325 g/mol. The number of carbonyl (C=O) groups excluding carboxylic acids is 1. The number of rotatable bonds is 4. The lowest BCUT2D eigenvalue weighted by molar-refractivity contribution is -0.105. The van der Waals surface area contributed by atoms with Crippen molar-refractivity contribution in [3.05, 3.63) is 70.1 Å². The molecule has 0 atom stereocenters. The molecule has 23 heavy (non-hydrogen) atoms. The van der Waals surface area contributed by atoms with Gasteiger partial charge >= 0.3 is 0 Å². The molecule has 1 amide bonds. The summed E-state index contributed by atoms with van der Waals surface area (Å²) in [5.41, 5.74) is 2.61. The van der Waals surface area contributed by atoms with Gasteiger partial charge in [-0.05, 0) is 35.4 Å². The van der Waals surface area contributed by atoms with Gasteiger partial charge in [0, 0.05) is 22.8 Å². The number of anilines is 1. The summed E-state index contributed by atoms with van der Waals surface area (Å²) in [6.45, 7) is 0. The highest BCUT2D eigenvalue weighted by atomic mass is 35.5. The largest absolute Gasteiger partial charge is 0.322 e. The summed E-state index contributed by atoms with van der Waals surface area (Å²) in [5.74, 6) is 0.414. The molecule has 0 aliphatic heterocycles. The van der Waals surface area contributed by atoms with Crippen LogP contribution in [0.15, 0.2) is 59.5 Å². The molecule has 0 bridgehead atoms. The summed E-state index contributed by atoms with van der Waals surface area (Å²) in [6.07, 6.45) is 2.12. The number of benzene rings is 1. The van der Waals surface area contributed by atoms with Crippen LogP contribution in [-0.2, 0) is 4.79 Å². The molecule has 0 fully saturated rings. The lowest BCUT2D eigenvalue weighted by Gasteiger charge is -2.08. The van der Waals surface area contributed by atoms with Gasteiger partial charge in [0.15, 0.2) is 0 Å². The van der Waals surface area contributed by atoms with Crippen LogP contribution in [-0.4, -0.2) is 16.4 Å². The third kappa shape index (κ3) is 3.30. The third-order valence-electron chi connectivity index (χ3n) is 3.31. The molecule has 1 aromatic carbocycles. The number of aromatic amines is 1. The highest BCUT2D eigenvalue weighted by Crippen LogP contribution is 2.28.